The molecule has 1 N–H and O–H groups in total. The van der Waals surface area contributed by atoms with Crippen molar-refractivity contribution in [2.75, 3.05) is 24.2 Å². The number of halogens is 4. The second-order valence-corrected chi connectivity index (χ2v) is 9.98. The monoisotopic (exact) mass is 519 g/mol. The maximum absolute atomic E-state index is 13.3. The number of hydrogen-bond acceptors (Lipinski definition) is 4. The minimum absolute atomic E-state index is 0.00782. The first-order valence-corrected chi connectivity index (χ1v) is 12.3. The number of amides is 2. The predicted molar refractivity (Wildman–Crippen MR) is 124 cm³/mol. The molecule has 34 heavy (non-hydrogen) atoms. The molecular weight excluding hydrogens is 495 g/mol. The lowest BCUT2D eigenvalue weighted by Crippen LogP contribution is -2.50. The zero-order chi connectivity index (χ0) is 25.8. The van der Waals surface area contributed by atoms with Gasteiger partial charge in [0.1, 0.15) is 12.6 Å². The van der Waals surface area contributed by atoms with E-state index >= 15 is 0 Å². The third-order valence-corrected chi connectivity index (χ3v) is 6.71. The van der Waals surface area contributed by atoms with Crippen molar-refractivity contribution in [3.8, 4) is 0 Å². The quantitative estimate of drug-likeness (QED) is 0.577. The van der Waals surface area contributed by atoms with Gasteiger partial charge < -0.3 is 10.2 Å². The number of nitrogens with zero attached hydrogens (tertiary/aromatic N) is 2. The van der Waals surface area contributed by atoms with Crippen LogP contribution in [0.1, 0.15) is 23.6 Å². The van der Waals surface area contributed by atoms with Gasteiger partial charge in [0.15, 0.2) is 0 Å². The molecule has 0 bridgehead atoms. The fourth-order valence-electron chi connectivity index (χ4n) is 3.26. The largest absolute Gasteiger partial charge is 0.417 e. The van der Waals surface area contributed by atoms with Crippen molar-refractivity contribution in [1.29, 1.82) is 0 Å². The van der Waals surface area contributed by atoms with Crippen molar-refractivity contribution < 1.29 is 31.2 Å². The van der Waals surface area contributed by atoms with E-state index in [0.29, 0.717) is 10.4 Å². The number of alkyl halides is 3. The number of sulfonamides is 1. The summed E-state index contributed by atoms with van der Waals surface area (Å²) in [4.78, 5) is 26.8. The topological polar surface area (TPSA) is 86.8 Å². The molecule has 0 radical (unpaired) electrons. The highest BCUT2D eigenvalue weighted by molar-refractivity contribution is 7.92. The lowest BCUT2D eigenvalue weighted by Gasteiger charge is -2.31. The molecule has 0 heterocycles. The molecule has 2 amide bonds. The third kappa shape index (κ3) is 6.63. The van der Waals surface area contributed by atoms with E-state index in [0.717, 1.165) is 29.5 Å². The van der Waals surface area contributed by atoms with Crippen LogP contribution in [0.2, 0.25) is 5.02 Å². The first kappa shape index (κ1) is 27.5. The maximum atomic E-state index is 13.3. The van der Waals surface area contributed by atoms with Crippen LogP contribution in [-0.4, -0.2) is 51.0 Å². The Labute approximate surface area is 201 Å². The Morgan fingerprint density at radius 1 is 1.15 bits per heavy atom. The number of likely N-dealkylation sites (N-methyl/N-ethyl adjacent to an activating group) is 1. The Morgan fingerprint density at radius 3 is 2.29 bits per heavy atom. The molecule has 0 unspecified atom stereocenters. The molecule has 0 saturated heterocycles. The van der Waals surface area contributed by atoms with E-state index in [-0.39, 0.29) is 12.2 Å². The van der Waals surface area contributed by atoms with Gasteiger partial charge in [0, 0.05) is 13.6 Å². The minimum atomic E-state index is -4.83. The Kier molecular flexibility index (Phi) is 8.59. The SMILES string of the molecule is CNC(=O)[C@H](C)N(Cc1ccccc1C)C(=O)CN(c1ccc(Cl)c(C(F)(F)F)c1)S(C)(=O)=O. The van der Waals surface area contributed by atoms with Crippen LogP contribution in [0.15, 0.2) is 42.5 Å². The molecule has 0 aliphatic heterocycles. The molecule has 1 atom stereocenters. The van der Waals surface area contributed by atoms with Crippen LogP contribution in [0.3, 0.4) is 0 Å². The van der Waals surface area contributed by atoms with Crippen molar-refractivity contribution in [2.24, 2.45) is 0 Å². The Bertz CT molecular complexity index is 1170. The molecule has 2 aromatic rings. The number of anilines is 1. The maximum Gasteiger partial charge on any atom is 0.417 e. The molecule has 186 valence electrons. The number of rotatable bonds is 8. The molecule has 0 spiro atoms. The summed E-state index contributed by atoms with van der Waals surface area (Å²) in [5, 5.41) is 1.84. The Hall–Kier alpha value is -2.79. The fraction of sp³-hybridized carbons (Fsp3) is 0.364. The average molecular weight is 520 g/mol. The van der Waals surface area contributed by atoms with E-state index in [9.17, 15) is 31.2 Å². The lowest BCUT2D eigenvalue weighted by atomic mass is 10.1. The minimum Gasteiger partial charge on any atom is -0.357 e. The van der Waals surface area contributed by atoms with Crippen LogP contribution >= 0.6 is 11.6 Å². The van der Waals surface area contributed by atoms with Gasteiger partial charge in [0.25, 0.3) is 0 Å². The van der Waals surface area contributed by atoms with Crippen molar-refractivity contribution in [3.63, 3.8) is 0 Å². The Balaban J connectivity index is 2.49. The van der Waals surface area contributed by atoms with E-state index < -0.39 is 51.2 Å². The van der Waals surface area contributed by atoms with Gasteiger partial charge in [-0.25, -0.2) is 8.42 Å². The van der Waals surface area contributed by atoms with Crippen LogP contribution in [0.4, 0.5) is 18.9 Å². The molecule has 0 saturated carbocycles. The highest BCUT2D eigenvalue weighted by Gasteiger charge is 2.35. The summed E-state index contributed by atoms with van der Waals surface area (Å²) in [5.74, 6) is -1.26. The summed E-state index contributed by atoms with van der Waals surface area (Å²) < 4.78 is 65.5. The summed E-state index contributed by atoms with van der Waals surface area (Å²) in [6.45, 7) is 2.47. The van der Waals surface area contributed by atoms with Gasteiger partial charge >= 0.3 is 6.18 Å². The lowest BCUT2D eigenvalue weighted by molar-refractivity contribution is -0.139. The molecule has 0 fully saturated rings. The number of benzene rings is 2. The van der Waals surface area contributed by atoms with E-state index in [2.05, 4.69) is 5.32 Å². The molecule has 12 heteroatoms. The van der Waals surface area contributed by atoms with Gasteiger partial charge in [-0.15, -0.1) is 0 Å². The second-order valence-electron chi connectivity index (χ2n) is 7.67. The van der Waals surface area contributed by atoms with E-state index in [4.69, 9.17) is 11.6 Å². The highest BCUT2D eigenvalue weighted by Crippen LogP contribution is 2.37. The molecule has 0 aliphatic carbocycles. The highest BCUT2D eigenvalue weighted by atomic mass is 35.5. The van der Waals surface area contributed by atoms with Gasteiger partial charge in [0.05, 0.1) is 22.5 Å². The summed E-state index contributed by atoms with van der Waals surface area (Å²) in [7, 11) is -2.79. The number of hydrogen-bond donors (Lipinski definition) is 1. The predicted octanol–water partition coefficient (Wildman–Crippen LogP) is 3.60. The van der Waals surface area contributed by atoms with Gasteiger partial charge in [-0.3, -0.25) is 13.9 Å². The summed E-state index contributed by atoms with van der Waals surface area (Å²) in [6, 6.07) is 8.73. The van der Waals surface area contributed by atoms with Crippen LogP contribution in [-0.2, 0) is 32.3 Å². The van der Waals surface area contributed by atoms with Crippen LogP contribution in [0.5, 0.6) is 0 Å². The smallest absolute Gasteiger partial charge is 0.357 e. The number of carbonyl (C=O) groups excluding carboxylic acids is 2. The molecule has 0 aliphatic rings. The van der Waals surface area contributed by atoms with E-state index in [1.165, 1.54) is 18.9 Å². The zero-order valence-corrected chi connectivity index (χ0v) is 20.6. The molecule has 7 nitrogen and oxygen atoms in total. The van der Waals surface area contributed by atoms with Crippen LogP contribution < -0.4 is 9.62 Å². The summed E-state index contributed by atoms with van der Waals surface area (Å²) >= 11 is 5.65. The first-order valence-electron chi connectivity index (χ1n) is 10.1. The normalized spacial score (nSPS) is 12.7. The van der Waals surface area contributed by atoms with Gasteiger partial charge in [-0.1, -0.05) is 35.9 Å². The number of aryl methyl sites for hydroxylation is 1. The molecule has 2 rings (SSSR count). The third-order valence-electron chi connectivity index (χ3n) is 5.24. The molecular formula is C22H25ClF3N3O4S. The summed E-state index contributed by atoms with van der Waals surface area (Å²) in [6.07, 6.45) is -4.05. The zero-order valence-electron chi connectivity index (χ0n) is 19.0. The van der Waals surface area contributed by atoms with Gasteiger partial charge in [0.2, 0.25) is 21.8 Å². The molecule has 0 aromatic heterocycles. The second kappa shape index (κ2) is 10.6. The van der Waals surface area contributed by atoms with Gasteiger partial charge in [-0.05, 0) is 43.2 Å². The summed E-state index contributed by atoms with van der Waals surface area (Å²) in [5.41, 5.74) is -0.0421. The van der Waals surface area contributed by atoms with Crippen LogP contribution in [0.25, 0.3) is 0 Å². The molecule has 2 aromatic carbocycles. The fourth-order valence-corrected chi connectivity index (χ4v) is 4.33. The van der Waals surface area contributed by atoms with Gasteiger partial charge in [-0.2, -0.15) is 13.2 Å². The standard InChI is InChI=1S/C22H25ClF3N3O4S/c1-14-7-5-6-8-16(14)12-28(15(2)21(31)27-3)20(30)13-29(34(4,32)33)17-9-10-19(23)18(11-17)22(24,25)26/h5-11,15H,12-13H2,1-4H3,(H,27,31)/t15-/m0/s1. The van der Waals surface area contributed by atoms with Crippen molar-refractivity contribution in [1.82, 2.24) is 10.2 Å². The Morgan fingerprint density at radius 2 is 1.76 bits per heavy atom. The van der Waals surface area contributed by atoms with Crippen LogP contribution in [0, 0.1) is 6.92 Å². The average Bonchev–Trinajstić information content (AvgIpc) is 2.74. The number of nitrogens with one attached hydrogen (secondary N) is 1. The van der Waals surface area contributed by atoms with E-state index in [1.54, 1.807) is 18.2 Å². The number of carbonyl (C=O) groups is 2. The first-order chi connectivity index (χ1) is 15.7. The van der Waals surface area contributed by atoms with Crippen molar-refractivity contribution in [2.45, 2.75) is 32.6 Å². The van der Waals surface area contributed by atoms with E-state index in [1.807, 2.05) is 13.0 Å². The van der Waals surface area contributed by atoms with Crippen molar-refractivity contribution >= 4 is 39.1 Å². The van der Waals surface area contributed by atoms with Crippen molar-refractivity contribution in [3.05, 3.63) is 64.2 Å².